The van der Waals surface area contributed by atoms with Gasteiger partial charge in [0, 0.05) is 19.3 Å². The number of carbonyl (C=O) groups excluding carboxylic acids is 1. The molecule has 0 saturated carbocycles. The zero-order chi connectivity index (χ0) is 12.1. The van der Waals surface area contributed by atoms with Gasteiger partial charge in [0.2, 0.25) is 5.91 Å². The lowest BCUT2D eigenvalue weighted by Crippen LogP contribution is -2.31. The lowest BCUT2D eigenvalue weighted by Gasteiger charge is -2.15. The lowest BCUT2D eigenvalue weighted by atomic mass is 10.3. The van der Waals surface area contributed by atoms with E-state index in [1.165, 1.54) is 6.07 Å². The monoisotopic (exact) mass is 288 g/mol. The second kappa shape index (κ2) is 5.84. The first-order chi connectivity index (χ1) is 7.54. The van der Waals surface area contributed by atoms with Gasteiger partial charge >= 0.3 is 0 Å². The van der Waals surface area contributed by atoms with E-state index in [0.29, 0.717) is 16.7 Å². The van der Waals surface area contributed by atoms with Gasteiger partial charge in [-0.3, -0.25) is 4.79 Å². The number of hydrogen-bond donors (Lipinski definition) is 1. The van der Waals surface area contributed by atoms with E-state index in [-0.39, 0.29) is 18.3 Å². The molecule has 0 aromatic heterocycles. The molecule has 88 valence electrons. The number of amides is 1. The third kappa shape index (κ3) is 3.48. The molecule has 0 radical (unpaired) electrons. The van der Waals surface area contributed by atoms with Gasteiger partial charge in [-0.05, 0) is 41.1 Å². The fourth-order valence-electron chi connectivity index (χ4n) is 1.10. The predicted octanol–water partition coefficient (Wildman–Crippen LogP) is 2.48. The van der Waals surface area contributed by atoms with Crippen molar-refractivity contribution in [1.29, 1.82) is 0 Å². The third-order valence-corrected chi connectivity index (χ3v) is 2.91. The Morgan fingerprint density at radius 2 is 2.25 bits per heavy atom. The Morgan fingerprint density at radius 3 is 2.81 bits per heavy atom. The summed E-state index contributed by atoms with van der Waals surface area (Å²) in [6.07, 6.45) is 0. The summed E-state index contributed by atoms with van der Waals surface area (Å²) in [6, 6.07) is 4.67. The highest BCUT2D eigenvalue weighted by Gasteiger charge is 2.06. The van der Waals surface area contributed by atoms with Crippen molar-refractivity contribution in [1.82, 2.24) is 4.90 Å². The van der Waals surface area contributed by atoms with Crippen LogP contribution in [0, 0.1) is 5.82 Å². The van der Waals surface area contributed by atoms with E-state index in [1.807, 2.05) is 6.92 Å². The van der Waals surface area contributed by atoms with Crippen LogP contribution in [0.2, 0.25) is 0 Å². The minimum atomic E-state index is -0.346. The van der Waals surface area contributed by atoms with Crippen molar-refractivity contribution in [3.63, 3.8) is 0 Å². The first-order valence-electron chi connectivity index (χ1n) is 4.97. The van der Waals surface area contributed by atoms with Crippen LogP contribution in [0.4, 0.5) is 10.1 Å². The average molecular weight is 289 g/mol. The molecule has 5 heteroatoms. The molecule has 1 aromatic carbocycles. The van der Waals surface area contributed by atoms with Crippen LogP contribution >= 0.6 is 15.9 Å². The minimum absolute atomic E-state index is 0.0224. The lowest BCUT2D eigenvalue weighted by molar-refractivity contribution is -0.127. The Balaban J connectivity index is 2.55. The molecular weight excluding hydrogens is 275 g/mol. The van der Waals surface area contributed by atoms with Crippen LogP contribution in [0.25, 0.3) is 0 Å². The third-order valence-electron chi connectivity index (χ3n) is 2.26. The Kier molecular flexibility index (Phi) is 4.73. The highest BCUT2D eigenvalue weighted by atomic mass is 79.9. The average Bonchev–Trinajstić information content (AvgIpc) is 2.29. The van der Waals surface area contributed by atoms with Gasteiger partial charge in [0.1, 0.15) is 5.82 Å². The van der Waals surface area contributed by atoms with Gasteiger partial charge in [-0.15, -0.1) is 0 Å². The molecule has 0 fully saturated rings. The Labute approximate surface area is 103 Å². The summed E-state index contributed by atoms with van der Waals surface area (Å²) < 4.78 is 13.6. The molecule has 0 atom stereocenters. The number of rotatable bonds is 4. The molecule has 0 aliphatic heterocycles. The van der Waals surface area contributed by atoms with Crippen LogP contribution in [-0.4, -0.2) is 30.9 Å². The predicted molar refractivity (Wildman–Crippen MR) is 65.9 cm³/mol. The van der Waals surface area contributed by atoms with Crippen LogP contribution in [-0.2, 0) is 4.79 Å². The topological polar surface area (TPSA) is 32.3 Å². The van der Waals surface area contributed by atoms with Gasteiger partial charge < -0.3 is 10.2 Å². The van der Waals surface area contributed by atoms with E-state index in [1.54, 1.807) is 24.1 Å². The van der Waals surface area contributed by atoms with E-state index in [4.69, 9.17) is 0 Å². The number of hydrogen-bond acceptors (Lipinski definition) is 2. The first kappa shape index (κ1) is 13.0. The van der Waals surface area contributed by atoms with Gasteiger partial charge in [-0.25, -0.2) is 4.39 Å². The van der Waals surface area contributed by atoms with Crippen LogP contribution < -0.4 is 5.32 Å². The fraction of sp³-hybridized carbons (Fsp3) is 0.364. The highest BCUT2D eigenvalue weighted by molar-refractivity contribution is 9.10. The van der Waals surface area contributed by atoms with Crippen LogP contribution in [0.15, 0.2) is 22.7 Å². The van der Waals surface area contributed by atoms with Crippen molar-refractivity contribution in [2.45, 2.75) is 6.92 Å². The van der Waals surface area contributed by atoms with E-state index >= 15 is 0 Å². The van der Waals surface area contributed by atoms with E-state index in [9.17, 15) is 9.18 Å². The molecule has 1 aromatic rings. The number of anilines is 1. The molecule has 0 aliphatic rings. The molecule has 0 saturated heterocycles. The zero-order valence-corrected chi connectivity index (χ0v) is 10.8. The Hall–Kier alpha value is -1.10. The van der Waals surface area contributed by atoms with Crippen molar-refractivity contribution in [3.8, 4) is 0 Å². The van der Waals surface area contributed by atoms with Crippen LogP contribution in [0.3, 0.4) is 0 Å². The highest BCUT2D eigenvalue weighted by Crippen LogP contribution is 2.19. The second-order valence-electron chi connectivity index (χ2n) is 3.39. The standard InChI is InChI=1S/C11H14BrFN2O/c1-3-15(2)11(16)7-14-8-4-5-9(12)10(13)6-8/h4-6,14H,3,7H2,1-2H3. The number of nitrogens with one attached hydrogen (secondary N) is 1. The number of carbonyl (C=O) groups is 1. The fourth-order valence-corrected chi connectivity index (χ4v) is 1.34. The van der Waals surface area contributed by atoms with Gasteiger partial charge in [-0.1, -0.05) is 0 Å². The van der Waals surface area contributed by atoms with E-state index < -0.39 is 0 Å². The Bertz CT molecular complexity index is 384. The summed E-state index contributed by atoms with van der Waals surface area (Å²) in [4.78, 5) is 13.1. The first-order valence-corrected chi connectivity index (χ1v) is 5.76. The molecule has 0 bridgehead atoms. The SMILES string of the molecule is CCN(C)C(=O)CNc1ccc(Br)c(F)c1. The number of halogens is 2. The molecule has 3 nitrogen and oxygen atoms in total. The van der Waals surface area contributed by atoms with Crippen molar-refractivity contribution in [2.24, 2.45) is 0 Å². The normalized spacial score (nSPS) is 10.0. The second-order valence-corrected chi connectivity index (χ2v) is 4.24. The van der Waals surface area contributed by atoms with Crippen molar-refractivity contribution >= 4 is 27.5 Å². The molecule has 1 N–H and O–H groups in total. The quantitative estimate of drug-likeness (QED) is 0.923. The van der Waals surface area contributed by atoms with E-state index in [0.717, 1.165) is 0 Å². The summed E-state index contributed by atoms with van der Waals surface area (Å²) >= 11 is 3.07. The van der Waals surface area contributed by atoms with E-state index in [2.05, 4.69) is 21.2 Å². The number of likely N-dealkylation sites (N-methyl/N-ethyl adjacent to an activating group) is 1. The molecule has 1 amide bonds. The molecule has 0 heterocycles. The summed E-state index contributed by atoms with van der Waals surface area (Å²) in [7, 11) is 1.73. The van der Waals surface area contributed by atoms with Gasteiger partial charge in [0.25, 0.3) is 0 Å². The van der Waals surface area contributed by atoms with Gasteiger partial charge in [-0.2, -0.15) is 0 Å². The van der Waals surface area contributed by atoms with Crippen molar-refractivity contribution < 1.29 is 9.18 Å². The molecular formula is C11H14BrFN2O. The number of nitrogens with zero attached hydrogens (tertiary/aromatic N) is 1. The number of benzene rings is 1. The molecule has 0 spiro atoms. The van der Waals surface area contributed by atoms with Crippen molar-refractivity contribution in [2.75, 3.05) is 25.5 Å². The van der Waals surface area contributed by atoms with Crippen LogP contribution in [0.1, 0.15) is 6.92 Å². The Morgan fingerprint density at radius 1 is 1.56 bits per heavy atom. The maximum Gasteiger partial charge on any atom is 0.241 e. The van der Waals surface area contributed by atoms with Crippen molar-refractivity contribution in [3.05, 3.63) is 28.5 Å². The molecule has 16 heavy (non-hydrogen) atoms. The molecule has 0 aliphatic carbocycles. The zero-order valence-electron chi connectivity index (χ0n) is 9.26. The smallest absolute Gasteiger partial charge is 0.241 e. The largest absolute Gasteiger partial charge is 0.376 e. The van der Waals surface area contributed by atoms with Crippen LogP contribution in [0.5, 0.6) is 0 Å². The summed E-state index contributed by atoms with van der Waals surface area (Å²) in [5.74, 6) is -0.368. The maximum absolute atomic E-state index is 13.1. The maximum atomic E-state index is 13.1. The van der Waals surface area contributed by atoms with Gasteiger partial charge in [0.05, 0.1) is 11.0 Å². The molecule has 1 rings (SSSR count). The minimum Gasteiger partial charge on any atom is -0.376 e. The summed E-state index contributed by atoms with van der Waals surface area (Å²) in [6.45, 7) is 2.73. The summed E-state index contributed by atoms with van der Waals surface area (Å²) in [5.41, 5.74) is 0.596. The molecule has 0 unspecified atom stereocenters. The van der Waals surface area contributed by atoms with Gasteiger partial charge in [0.15, 0.2) is 0 Å². The summed E-state index contributed by atoms with van der Waals surface area (Å²) in [5, 5.41) is 2.88.